The summed E-state index contributed by atoms with van der Waals surface area (Å²) in [7, 11) is 0. The van der Waals surface area contributed by atoms with E-state index in [1.165, 1.54) is 44.9 Å². The molecule has 0 spiro atoms. The second kappa shape index (κ2) is 12.0. The number of carbonyl (C=O) groups excluding carboxylic acids is 1. The van der Waals surface area contributed by atoms with Gasteiger partial charge in [0, 0.05) is 30.6 Å². The van der Waals surface area contributed by atoms with Crippen LogP contribution in [0.1, 0.15) is 89.3 Å². The lowest BCUT2D eigenvalue weighted by atomic mass is 9.75. The maximum atomic E-state index is 14.1. The number of morpholine rings is 1. The molecule has 1 N–H and O–H groups in total. The molecule has 2 aliphatic heterocycles. The van der Waals surface area contributed by atoms with Gasteiger partial charge in [0.25, 0.3) is 5.56 Å². The van der Waals surface area contributed by atoms with Crippen molar-refractivity contribution in [2.75, 3.05) is 19.8 Å². The normalized spacial score (nSPS) is 31.1. The third-order valence-corrected chi connectivity index (χ3v) is 9.75. The highest BCUT2D eigenvalue weighted by molar-refractivity contribution is 6.00. The summed E-state index contributed by atoms with van der Waals surface area (Å²) in [5.41, 5.74) is 1.42. The predicted octanol–water partition coefficient (Wildman–Crippen LogP) is 4.68. The first-order chi connectivity index (χ1) is 19.6. The van der Waals surface area contributed by atoms with E-state index in [0.29, 0.717) is 24.8 Å². The van der Waals surface area contributed by atoms with E-state index in [1.807, 2.05) is 28.8 Å². The Balaban J connectivity index is 1.30. The molecule has 0 amide bonds. The molecule has 2 unspecified atom stereocenters. The molecule has 1 aromatic heterocycles. The second-order valence-corrected chi connectivity index (χ2v) is 12.3. The molecule has 5 atom stereocenters. The molecule has 2 aromatic rings. The molecule has 2 saturated carbocycles. The van der Waals surface area contributed by atoms with Crippen molar-refractivity contribution in [2.24, 2.45) is 17.0 Å². The summed E-state index contributed by atoms with van der Waals surface area (Å²) in [4.78, 5) is 33.5. The van der Waals surface area contributed by atoms with Gasteiger partial charge in [-0.05, 0) is 63.0 Å². The molecule has 2 aliphatic carbocycles. The number of piperidine rings is 1. The maximum Gasteiger partial charge on any atom is 0.306 e. The van der Waals surface area contributed by atoms with Gasteiger partial charge in [-0.2, -0.15) is 0 Å². The van der Waals surface area contributed by atoms with Gasteiger partial charge >= 0.3 is 5.97 Å². The number of ether oxygens (including phenoxy) is 2. The van der Waals surface area contributed by atoms with Crippen LogP contribution in [0.4, 0.5) is 0 Å². The van der Waals surface area contributed by atoms with Crippen molar-refractivity contribution in [3.63, 3.8) is 0 Å². The van der Waals surface area contributed by atoms with Gasteiger partial charge in [0.05, 0.1) is 37.3 Å². The molecule has 0 radical (unpaired) electrons. The van der Waals surface area contributed by atoms with E-state index in [1.54, 1.807) is 6.92 Å². The molecule has 1 aromatic carbocycles. The fourth-order valence-corrected chi connectivity index (χ4v) is 8.21. The van der Waals surface area contributed by atoms with Crippen LogP contribution in [0, 0.1) is 11.8 Å². The van der Waals surface area contributed by atoms with Gasteiger partial charge in [-0.1, -0.05) is 43.0 Å². The Morgan fingerprint density at radius 3 is 2.38 bits per heavy atom. The minimum absolute atomic E-state index is 0.00910. The minimum atomic E-state index is -0.396. The lowest BCUT2D eigenvalue weighted by molar-refractivity contribution is -0.142. The van der Waals surface area contributed by atoms with Crippen LogP contribution >= 0.6 is 0 Å². The molecule has 4 fully saturated rings. The lowest BCUT2D eigenvalue weighted by Crippen LogP contribution is -2.62. The highest BCUT2D eigenvalue weighted by atomic mass is 16.5. The molecule has 40 heavy (non-hydrogen) atoms. The summed E-state index contributed by atoms with van der Waals surface area (Å²) in [6.07, 6.45) is 11.3. The smallest absolute Gasteiger partial charge is 0.306 e. The van der Waals surface area contributed by atoms with Crippen LogP contribution in [0.25, 0.3) is 11.0 Å². The van der Waals surface area contributed by atoms with Gasteiger partial charge in [0.15, 0.2) is 5.69 Å². The van der Waals surface area contributed by atoms with Crippen molar-refractivity contribution in [3.8, 4) is 0 Å². The molecule has 4 bridgehead atoms. The van der Waals surface area contributed by atoms with Gasteiger partial charge in [-0.3, -0.25) is 14.5 Å². The van der Waals surface area contributed by atoms with Gasteiger partial charge in [0.2, 0.25) is 0 Å². The van der Waals surface area contributed by atoms with Gasteiger partial charge in [0.1, 0.15) is 5.71 Å². The number of nitrogens with zero attached hydrogens (tertiary/aromatic N) is 4. The topological polar surface area (TPSA) is 106 Å². The molecule has 9 heteroatoms. The van der Waals surface area contributed by atoms with E-state index in [-0.39, 0.29) is 54.5 Å². The molecule has 9 nitrogen and oxygen atoms in total. The Kier molecular flexibility index (Phi) is 8.21. The average molecular weight is 551 g/mol. The third-order valence-electron chi connectivity index (χ3n) is 9.75. The quantitative estimate of drug-likeness (QED) is 0.231. The largest absolute Gasteiger partial charge is 0.466 e. The summed E-state index contributed by atoms with van der Waals surface area (Å²) in [6.45, 7) is 3.42. The van der Waals surface area contributed by atoms with Crippen LogP contribution < -0.4 is 5.56 Å². The zero-order valence-electron chi connectivity index (χ0n) is 23.5. The average Bonchev–Trinajstić information content (AvgIpc) is 3.12. The maximum absolute atomic E-state index is 14.1. The summed E-state index contributed by atoms with van der Waals surface area (Å²) in [5, 5.41) is 13.3. The Bertz CT molecular complexity index is 1280. The van der Waals surface area contributed by atoms with E-state index in [9.17, 15) is 14.8 Å². The zero-order chi connectivity index (χ0) is 27.6. The Hall–Kier alpha value is -2.78. The predicted molar refractivity (Wildman–Crippen MR) is 152 cm³/mol. The Morgan fingerprint density at radius 2 is 1.70 bits per heavy atom. The van der Waals surface area contributed by atoms with Crippen LogP contribution in [-0.2, 0) is 14.3 Å². The number of para-hydroxylation sites is 2. The summed E-state index contributed by atoms with van der Waals surface area (Å²) >= 11 is 0. The molecule has 216 valence electrons. The van der Waals surface area contributed by atoms with Crippen LogP contribution in [0.2, 0.25) is 0 Å². The van der Waals surface area contributed by atoms with E-state index < -0.39 is 5.97 Å². The highest BCUT2D eigenvalue weighted by Crippen LogP contribution is 2.44. The fourth-order valence-electron chi connectivity index (χ4n) is 8.21. The Labute approximate surface area is 235 Å². The van der Waals surface area contributed by atoms with Crippen LogP contribution in [0.3, 0.4) is 0 Å². The van der Waals surface area contributed by atoms with Gasteiger partial charge < -0.3 is 19.2 Å². The summed E-state index contributed by atoms with van der Waals surface area (Å²) in [5.74, 6) is 1.31. The van der Waals surface area contributed by atoms with Crippen molar-refractivity contribution in [3.05, 3.63) is 40.3 Å². The minimum Gasteiger partial charge on any atom is -0.466 e. The van der Waals surface area contributed by atoms with Gasteiger partial charge in [-0.25, -0.2) is 4.98 Å². The first kappa shape index (κ1) is 27.4. The number of aromatic nitrogens is 2. The summed E-state index contributed by atoms with van der Waals surface area (Å²) < 4.78 is 13.0. The fraction of sp³-hybridized carbons (Fsp3) is 0.677. The molecule has 3 heterocycles. The molecular weight excluding hydrogens is 508 g/mol. The first-order valence-corrected chi connectivity index (χ1v) is 15.3. The highest BCUT2D eigenvalue weighted by Gasteiger charge is 2.45. The number of rotatable bonds is 7. The van der Waals surface area contributed by atoms with E-state index in [4.69, 9.17) is 9.47 Å². The number of esters is 1. The number of oxime groups is 1. The van der Waals surface area contributed by atoms with Crippen molar-refractivity contribution in [1.82, 2.24) is 14.5 Å². The first-order valence-electron chi connectivity index (χ1n) is 15.3. The van der Waals surface area contributed by atoms with Crippen molar-refractivity contribution in [2.45, 2.75) is 102 Å². The van der Waals surface area contributed by atoms with Crippen molar-refractivity contribution >= 4 is 22.7 Å². The third kappa shape index (κ3) is 5.42. The second-order valence-electron chi connectivity index (χ2n) is 12.3. The van der Waals surface area contributed by atoms with E-state index in [0.717, 1.165) is 30.2 Å². The molecule has 2 saturated heterocycles. The summed E-state index contributed by atoms with van der Waals surface area (Å²) in [6, 6.07) is 8.83. The van der Waals surface area contributed by atoms with Crippen LogP contribution in [-0.4, -0.2) is 69.3 Å². The number of hydrogen-bond acceptors (Lipinski definition) is 8. The number of fused-ring (bicyclic) bond motifs is 5. The molecular formula is C31H42N4O5. The monoisotopic (exact) mass is 550 g/mol. The SMILES string of the molecule is CCOC(=O)CCC(=NO)c1nc2ccccc2n([C@H]2C[C@H]3COC[C@@H](C2)N3C2CC3CCCCC(C3)C2)c1=O. The molecule has 6 rings (SSSR count). The van der Waals surface area contributed by atoms with Crippen molar-refractivity contribution < 1.29 is 19.5 Å². The van der Waals surface area contributed by atoms with E-state index >= 15 is 0 Å². The Morgan fingerprint density at radius 1 is 1.00 bits per heavy atom. The lowest BCUT2D eigenvalue weighted by Gasteiger charge is -2.54. The number of hydrogen-bond donors (Lipinski definition) is 1. The van der Waals surface area contributed by atoms with E-state index in [2.05, 4.69) is 15.0 Å². The van der Waals surface area contributed by atoms with Crippen LogP contribution in [0.5, 0.6) is 0 Å². The standard InChI is InChI=1S/C31H42N4O5/c1-2-40-29(36)12-11-27(33-38)30-31(37)35(28-10-6-5-9-26(28)32-30)23-16-24-18-39-19-25(17-23)34(24)22-14-20-7-3-4-8-21(13-20)15-22/h5-6,9-10,20-25,38H,2-4,7-8,11-19H2,1H3/t20?,21?,22?,23-,24-,25+. The zero-order valence-corrected chi connectivity index (χ0v) is 23.5. The van der Waals surface area contributed by atoms with Crippen LogP contribution in [0.15, 0.2) is 34.2 Å². The number of benzene rings is 1. The van der Waals surface area contributed by atoms with Crippen molar-refractivity contribution in [1.29, 1.82) is 0 Å². The number of carbonyl (C=O) groups is 1. The van der Waals surface area contributed by atoms with Gasteiger partial charge in [-0.15, -0.1) is 0 Å². The molecule has 4 aliphatic rings.